The Kier molecular flexibility index (Phi) is 7.10. The van der Waals surface area contributed by atoms with Gasteiger partial charge in [-0.1, -0.05) is 6.07 Å². The number of nitrogens with one attached hydrogen (secondary N) is 2. The van der Waals surface area contributed by atoms with Crippen LogP contribution < -0.4 is 15.7 Å². The van der Waals surface area contributed by atoms with Gasteiger partial charge in [-0.3, -0.25) is 0 Å². The van der Waals surface area contributed by atoms with Crippen LogP contribution in [0.5, 0.6) is 0 Å². The molecule has 0 bridgehead atoms. The van der Waals surface area contributed by atoms with Crippen LogP contribution >= 0.6 is 0 Å². The summed E-state index contributed by atoms with van der Waals surface area (Å²) in [5, 5.41) is 15.1. The molecule has 36 heavy (non-hydrogen) atoms. The average Bonchev–Trinajstić information content (AvgIpc) is 2.84. The van der Waals surface area contributed by atoms with Gasteiger partial charge in [-0.25, -0.2) is 14.6 Å². The van der Waals surface area contributed by atoms with E-state index in [1.807, 2.05) is 52.0 Å². The lowest BCUT2D eigenvalue weighted by Gasteiger charge is -2.20. The highest BCUT2D eigenvalue weighted by Crippen LogP contribution is 2.44. The van der Waals surface area contributed by atoms with Crippen molar-refractivity contribution in [3.05, 3.63) is 70.1 Å². The molecule has 2 aromatic rings. The summed E-state index contributed by atoms with van der Waals surface area (Å²) in [4.78, 5) is 28.8. The van der Waals surface area contributed by atoms with Crippen molar-refractivity contribution in [1.82, 2.24) is 0 Å². The summed E-state index contributed by atoms with van der Waals surface area (Å²) >= 11 is 0. The van der Waals surface area contributed by atoms with Crippen LogP contribution in [0.2, 0.25) is 0 Å². The number of anilines is 1. The second-order valence-electron chi connectivity index (χ2n) is 8.62. The number of rotatable bonds is 7. The van der Waals surface area contributed by atoms with E-state index in [2.05, 4.69) is 10.3 Å². The van der Waals surface area contributed by atoms with Crippen molar-refractivity contribution >= 4 is 28.6 Å². The van der Waals surface area contributed by atoms with E-state index in [9.17, 15) is 14.7 Å². The van der Waals surface area contributed by atoms with Gasteiger partial charge in [-0.2, -0.15) is 0 Å². The van der Waals surface area contributed by atoms with Gasteiger partial charge >= 0.3 is 11.9 Å². The molecule has 0 unspecified atom stereocenters. The van der Waals surface area contributed by atoms with E-state index in [-0.39, 0.29) is 17.7 Å². The Balaban J connectivity index is 2.25. The van der Waals surface area contributed by atoms with Crippen molar-refractivity contribution in [2.75, 3.05) is 25.0 Å². The minimum absolute atomic E-state index is 0.0242. The molecule has 0 amide bonds. The van der Waals surface area contributed by atoms with Crippen LogP contribution in [0.4, 0.5) is 5.69 Å². The standard InChI is InChI=1S/C29H30N2O5/c1-6-30-22-14-24-20(12-16(22)4)27(21-13-17(5)23(31-7-2)15-25(21)36-24)26-18(28(32)33)10-9-11-19(26)29(34)35-8-3/h9-15,30H,6-8H2,1-5H3,(H,32,33)/p+1. The van der Waals surface area contributed by atoms with Crippen LogP contribution in [-0.4, -0.2) is 36.7 Å². The highest BCUT2D eigenvalue weighted by molar-refractivity contribution is 6.13. The molecule has 0 atom stereocenters. The molecule has 7 heteroatoms. The summed E-state index contributed by atoms with van der Waals surface area (Å²) < 4.78 is 11.7. The molecule has 1 heterocycles. The average molecular weight is 488 g/mol. The lowest BCUT2D eigenvalue weighted by Crippen LogP contribution is -2.76. The SMILES string of the molecule is CCNc1cc2oc3cc(=[NH+]CC)c(C)cc-3c(-c3c(C(=O)O)cccc3C(=O)OCC)c2cc1C. The van der Waals surface area contributed by atoms with Gasteiger partial charge in [0.05, 0.1) is 23.8 Å². The first kappa shape index (κ1) is 25.0. The van der Waals surface area contributed by atoms with Crippen LogP contribution in [0.15, 0.2) is 46.9 Å². The van der Waals surface area contributed by atoms with Crippen molar-refractivity contribution in [3.8, 4) is 22.5 Å². The summed E-state index contributed by atoms with van der Waals surface area (Å²) in [6.45, 7) is 11.4. The number of hydrogen-bond donors (Lipinski definition) is 3. The van der Waals surface area contributed by atoms with Crippen LogP contribution in [0.3, 0.4) is 0 Å². The Morgan fingerprint density at radius 3 is 2.42 bits per heavy atom. The van der Waals surface area contributed by atoms with E-state index in [0.29, 0.717) is 22.5 Å². The number of aryl methyl sites for hydroxylation is 2. The Labute approximate surface area is 209 Å². The Morgan fingerprint density at radius 2 is 1.75 bits per heavy atom. The first-order valence-corrected chi connectivity index (χ1v) is 12.2. The van der Waals surface area contributed by atoms with Gasteiger partial charge in [0.2, 0.25) is 5.36 Å². The molecule has 0 radical (unpaired) electrons. The maximum Gasteiger partial charge on any atom is 0.338 e. The fourth-order valence-electron chi connectivity index (χ4n) is 4.61. The third-order valence-electron chi connectivity index (χ3n) is 6.19. The highest BCUT2D eigenvalue weighted by Gasteiger charge is 2.28. The fraction of sp³-hybridized carbons (Fsp3) is 0.276. The summed E-state index contributed by atoms with van der Waals surface area (Å²) in [6, 6.07) is 12.5. The number of aromatic carboxylic acids is 1. The molecule has 0 spiro atoms. The van der Waals surface area contributed by atoms with Crippen molar-refractivity contribution in [2.45, 2.75) is 34.6 Å². The smallest absolute Gasteiger partial charge is 0.338 e. The van der Waals surface area contributed by atoms with E-state index in [1.54, 1.807) is 19.1 Å². The zero-order valence-electron chi connectivity index (χ0n) is 21.2. The summed E-state index contributed by atoms with van der Waals surface area (Å²) in [6.07, 6.45) is 0. The van der Waals surface area contributed by atoms with Crippen molar-refractivity contribution < 1.29 is 28.8 Å². The molecule has 2 aromatic carbocycles. The van der Waals surface area contributed by atoms with Gasteiger partial charge in [-0.15, -0.1) is 0 Å². The number of esters is 1. The second kappa shape index (κ2) is 10.2. The van der Waals surface area contributed by atoms with Gasteiger partial charge < -0.3 is 19.6 Å². The van der Waals surface area contributed by atoms with Crippen LogP contribution in [-0.2, 0) is 4.74 Å². The zero-order chi connectivity index (χ0) is 26.0. The molecule has 3 N–H and O–H groups in total. The van der Waals surface area contributed by atoms with Crippen LogP contribution in [0, 0.1) is 13.8 Å². The molecule has 1 aliphatic heterocycles. The maximum atomic E-state index is 13.0. The van der Waals surface area contributed by atoms with Gasteiger partial charge in [0, 0.05) is 45.9 Å². The lowest BCUT2D eigenvalue weighted by atomic mass is 9.86. The maximum absolute atomic E-state index is 13.0. The topological polar surface area (TPSA) is 103 Å². The molecule has 4 rings (SSSR count). The van der Waals surface area contributed by atoms with Gasteiger partial charge in [0.25, 0.3) is 0 Å². The van der Waals surface area contributed by atoms with Gasteiger partial charge in [0.1, 0.15) is 17.9 Å². The molecule has 0 saturated heterocycles. The minimum atomic E-state index is -1.12. The first-order valence-electron chi connectivity index (χ1n) is 12.2. The largest absolute Gasteiger partial charge is 0.478 e. The van der Waals surface area contributed by atoms with Crippen LogP contribution in [0.1, 0.15) is 52.6 Å². The fourth-order valence-corrected chi connectivity index (χ4v) is 4.61. The number of ether oxygens (including phenoxy) is 1. The molecule has 7 nitrogen and oxygen atoms in total. The number of carbonyl (C=O) groups excluding carboxylic acids is 1. The third kappa shape index (κ3) is 4.44. The number of fused-ring (bicyclic) bond motifs is 2. The molecular formula is C29H31N2O5+. The normalized spacial score (nSPS) is 11.8. The monoisotopic (exact) mass is 487 g/mol. The molecule has 2 aliphatic rings. The Hall–Kier alpha value is -4.13. The zero-order valence-corrected chi connectivity index (χ0v) is 21.2. The predicted molar refractivity (Wildman–Crippen MR) is 139 cm³/mol. The summed E-state index contributed by atoms with van der Waals surface area (Å²) in [7, 11) is 0. The molecule has 0 saturated carbocycles. The number of benzene rings is 3. The first-order chi connectivity index (χ1) is 17.3. The molecule has 0 fully saturated rings. The predicted octanol–water partition coefficient (Wildman–Crippen LogP) is 4.13. The van der Waals surface area contributed by atoms with E-state index in [0.717, 1.165) is 46.2 Å². The molecule has 0 aromatic heterocycles. The van der Waals surface area contributed by atoms with E-state index < -0.39 is 11.9 Å². The van der Waals surface area contributed by atoms with Crippen LogP contribution in [0.25, 0.3) is 33.4 Å². The number of hydrogen-bond acceptors (Lipinski definition) is 5. The molecule has 186 valence electrons. The Morgan fingerprint density at radius 1 is 1.00 bits per heavy atom. The summed E-state index contributed by atoms with van der Waals surface area (Å²) in [5.74, 6) is -1.11. The summed E-state index contributed by atoms with van der Waals surface area (Å²) in [5.41, 5.74) is 5.36. The van der Waals surface area contributed by atoms with Gasteiger partial charge in [-0.05, 0) is 64.4 Å². The number of carboxylic acids is 1. The second-order valence-corrected chi connectivity index (χ2v) is 8.62. The van der Waals surface area contributed by atoms with Crippen molar-refractivity contribution in [2.24, 2.45) is 0 Å². The lowest BCUT2D eigenvalue weighted by molar-refractivity contribution is -0.496. The third-order valence-corrected chi connectivity index (χ3v) is 6.19. The van der Waals surface area contributed by atoms with E-state index >= 15 is 0 Å². The molecular weight excluding hydrogens is 456 g/mol. The van der Waals surface area contributed by atoms with Crippen molar-refractivity contribution in [3.63, 3.8) is 0 Å². The Bertz CT molecular complexity index is 1520. The van der Waals surface area contributed by atoms with E-state index in [4.69, 9.17) is 9.15 Å². The quantitative estimate of drug-likeness (QED) is 0.268. The minimum Gasteiger partial charge on any atom is -0.478 e. The highest BCUT2D eigenvalue weighted by atomic mass is 16.5. The van der Waals surface area contributed by atoms with E-state index in [1.165, 1.54) is 6.07 Å². The number of carbonyl (C=O) groups is 2. The molecule has 1 aliphatic carbocycles. The number of carboxylic acid groups (broad SMARTS) is 1. The van der Waals surface area contributed by atoms with Gasteiger partial charge in [0.15, 0.2) is 0 Å². The van der Waals surface area contributed by atoms with Crippen molar-refractivity contribution in [1.29, 1.82) is 0 Å².